The number of aromatic nitrogens is 4. The van der Waals surface area contributed by atoms with E-state index in [4.69, 9.17) is 4.52 Å². The molecule has 1 saturated heterocycles. The van der Waals surface area contributed by atoms with Gasteiger partial charge in [0, 0.05) is 25.0 Å². The van der Waals surface area contributed by atoms with Crippen LogP contribution >= 0.6 is 0 Å². The molecule has 4 heterocycles. The summed E-state index contributed by atoms with van der Waals surface area (Å²) >= 11 is 0. The summed E-state index contributed by atoms with van der Waals surface area (Å²) in [6, 6.07) is 5.80. The standard InChI is InChI=1S/C22H25N5O2/c1-14-6-4-8-23-21(14)22(28)27-9-5-7-17(12-27)10-18-11-19(25-13-24-18)20-15(2)26-29-16(20)3/h4,6,8,11,13,17H,5,7,9-10,12H2,1-3H3. The van der Waals surface area contributed by atoms with Crippen LogP contribution in [0.1, 0.15) is 46.0 Å². The number of pyridine rings is 1. The lowest BCUT2D eigenvalue weighted by molar-refractivity contribution is 0.0666. The van der Waals surface area contributed by atoms with Gasteiger partial charge in [-0.3, -0.25) is 9.78 Å². The lowest BCUT2D eigenvalue weighted by Gasteiger charge is -2.32. The number of carbonyl (C=O) groups is 1. The number of nitrogens with zero attached hydrogens (tertiary/aromatic N) is 5. The molecule has 1 atom stereocenters. The Hall–Kier alpha value is -3.09. The van der Waals surface area contributed by atoms with E-state index in [2.05, 4.69) is 20.1 Å². The van der Waals surface area contributed by atoms with E-state index in [1.165, 1.54) is 0 Å². The molecular formula is C22H25N5O2. The van der Waals surface area contributed by atoms with E-state index < -0.39 is 0 Å². The Labute approximate surface area is 170 Å². The fourth-order valence-electron chi connectivity index (χ4n) is 4.07. The van der Waals surface area contributed by atoms with Gasteiger partial charge in [0.05, 0.1) is 17.0 Å². The van der Waals surface area contributed by atoms with Crippen molar-refractivity contribution in [1.29, 1.82) is 0 Å². The second-order valence-electron chi connectivity index (χ2n) is 7.73. The molecule has 0 bridgehead atoms. The summed E-state index contributed by atoms with van der Waals surface area (Å²) in [6.07, 6.45) is 6.15. The molecular weight excluding hydrogens is 366 g/mol. The van der Waals surface area contributed by atoms with Crippen LogP contribution in [0.25, 0.3) is 11.3 Å². The summed E-state index contributed by atoms with van der Waals surface area (Å²) in [5.41, 5.74) is 5.03. The first kappa shape index (κ1) is 19.2. The predicted octanol–water partition coefficient (Wildman–Crippen LogP) is 3.55. The minimum Gasteiger partial charge on any atom is -0.361 e. The molecule has 0 saturated carbocycles. The van der Waals surface area contributed by atoms with Crippen LogP contribution in [0.5, 0.6) is 0 Å². The molecule has 1 fully saturated rings. The van der Waals surface area contributed by atoms with Gasteiger partial charge >= 0.3 is 0 Å². The molecule has 0 radical (unpaired) electrons. The number of piperidine rings is 1. The number of likely N-dealkylation sites (tertiary alicyclic amines) is 1. The van der Waals surface area contributed by atoms with Crippen molar-refractivity contribution in [3.05, 3.63) is 59.1 Å². The largest absolute Gasteiger partial charge is 0.361 e. The smallest absolute Gasteiger partial charge is 0.272 e. The average Bonchev–Trinajstić information content (AvgIpc) is 3.06. The topological polar surface area (TPSA) is 85.0 Å². The van der Waals surface area contributed by atoms with Crippen molar-refractivity contribution in [1.82, 2.24) is 25.0 Å². The highest BCUT2D eigenvalue weighted by atomic mass is 16.5. The SMILES string of the molecule is Cc1cccnc1C(=O)N1CCCC(Cc2cc(-c3c(C)noc3C)ncn2)C1. The summed E-state index contributed by atoms with van der Waals surface area (Å²) in [5, 5.41) is 4.02. The van der Waals surface area contributed by atoms with Crippen molar-refractivity contribution in [2.24, 2.45) is 5.92 Å². The Balaban J connectivity index is 1.48. The molecule has 0 aromatic carbocycles. The Bertz CT molecular complexity index is 1010. The molecule has 1 unspecified atom stereocenters. The zero-order valence-electron chi connectivity index (χ0n) is 17.1. The highest BCUT2D eigenvalue weighted by molar-refractivity contribution is 5.93. The molecule has 7 nitrogen and oxygen atoms in total. The fourth-order valence-corrected chi connectivity index (χ4v) is 4.07. The normalized spacial score (nSPS) is 16.8. The monoisotopic (exact) mass is 391 g/mol. The maximum absolute atomic E-state index is 12.9. The lowest BCUT2D eigenvalue weighted by atomic mass is 9.92. The van der Waals surface area contributed by atoms with Crippen LogP contribution in [-0.4, -0.2) is 44.0 Å². The highest BCUT2D eigenvalue weighted by Crippen LogP contribution is 2.27. The summed E-state index contributed by atoms with van der Waals surface area (Å²) in [5.74, 6) is 1.14. The van der Waals surface area contributed by atoms with Crippen molar-refractivity contribution in [3.63, 3.8) is 0 Å². The van der Waals surface area contributed by atoms with Crippen LogP contribution in [0.3, 0.4) is 0 Å². The second-order valence-corrected chi connectivity index (χ2v) is 7.73. The van der Waals surface area contributed by atoms with Gasteiger partial charge in [0.25, 0.3) is 5.91 Å². The van der Waals surface area contributed by atoms with Crippen molar-refractivity contribution in [2.75, 3.05) is 13.1 Å². The van der Waals surface area contributed by atoms with E-state index in [9.17, 15) is 4.79 Å². The van der Waals surface area contributed by atoms with Gasteiger partial charge in [0.1, 0.15) is 17.8 Å². The number of rotatable bonds is 4. The minimum atomic E-state index is 0.0203. The molecule has 3 aromatic heterocycles. The first-order valence-electron chi connectivity index (χ1n) is 9.98. The Morgan fingerprint density at radius 2 is 2.10 bits per heavy atom. The van der Waals surface area contributed by atoms with Gasteiger partial charge in [-0.25, -0.2) is 9.97 Å². The quantitative estimate of drug-likeness (QED) is 0.676. The van der Waals surface area contributed by atoms with Crippen LogP contribution in [0.4, 0.5) is 0 Å². The third-order valence-electron chi connectivity index (χ3n) is 5.53. The molecule has 150 valence electrons. The molecule has 1 aliphatic heterocycles. The number of hydrogen-bond acceptors (Lipinski definition) is 6. The Kier molecular flexibility index (Phi) is 5.38. The van der Waals surface area contributed by atoms with Gasteiger partial charge in [-0.2, -0.15) is 0 Å². The molecule has 0 spiro atoms. The van der Waals surface area contributed by atoms with Crippen LogP contribution in [0, 0.1) is 26.7 Å². The first-order chi connectivity index (χ1) is 14.0. The summed E-state index contributed by atoms with van der Waals surface area (Å²) in [7, 11) is 0. The molecule has 0 aliphatic carbocycles. The minimum absolute atomic E-state index is 0.0203. The van der Waals surface area contributed by atoms with Crippen molar-refractivity contribution < 1.29 is 9.32 Å². The van der Waals surface area contributed by atoms with Crippen LogP contribution in [0.2, 0.25) is 0 Å². The van der Waals surface area contributed by atoms with Crippen molar-refractivity contribution in [2.45, 2.75) is 40.0 Å². The van der Waals surface area contributed by atoms with Gasteiger partial charge in [-0.1, -0.05) is 11.2 Å². The Morgan fingerprint density at radius 3 is 2.86 bits per heavy atom. The molecule has 3 aromatic rings. The second kappa shape index (κ2) is 8.11. The van der Waals surface area contributed by atoms with Gasteiger partial charge in [-0.15, -0.1) is 0 Å². The molecule has 1 amide bonds. The van der Waals surface area contributed by atoms with Gasteiger partial charge < -0.3 is 9.42 Å². The molecule has 0 N–H and O–H groups in total. The summed E-state index contributed by atoms with van der Waals surface area (Å²) in [4.78, 5) is 28.0. The Morgan fingerprint density at radius 1 is 1.24 bits per heavy atom. The molecule has 29 heavy (non-hydrogen) atoms. The van der Waals surface area contributed by atoms with E-state index in [0.717, 1.165) is 66.3 Å². The zero-order valence-corrected chi connectivity index (χ0v) is 17.1. The molecule has 7 heteroatoms. The van der Waals surface area contributed by atoms with E-state index in [1.54, 1.807) is 12.5 Å². The zero-order chi connectivity index (χ0) is 20.4. The van der Waals surface area contributed by atoms with E-state index in [1.807, 2.05) is 43.9 Å². The van der Waals surface area contributed by atoms with Gasteiger partial charge in [-0.05, 0) is 63.6 Å². The van der Waals surface area contributed by atoms with Crippen molar-refractivity contribution >= 4 is 5.91 Å². The van der Waals surface area contributed by atoms with Crippen molar-refractivity contribution in [3.8, 4) is 11.3 Å². The first-order valence-corrected chi connectivity index (χ1v) is 9.98. The third kappa shape index (κ3) is 4.04. The number of carbonyl (C=O) groups excluding carboxylic acids is 1. The molecule has 4 rings (SSSR count). The summed E-state index contributed by atoms with van der Waals surface area (Å²) in [6.45, 7) is 7.23. The average molecular weight is 391 g/mol. The maximum atomic E-state index is 12.9. The van der Waals surface area contributed by atoms with E-state index >= 15 is 0 Å². The van der Waals surface area contributed by atoms with Crippen LogP contribution in [0.15, 0.2) is 35.2 Å². The van der Waals surface area contributed by atoms with E-state index in [-0.39, 0.29) is 5.91 Å². The van der Waals surface area contributed by atoms with Crippen LogP contribution < -0.4 is 0 Å². The molecule has 1 aliphatic rings. The predicted molar refractivity (Wildman–Crippen MR) is 108 cm³/mol. The fraction of sp³-hybridized carbons (Fsp3) is 0.409. The highest BCUT2D eigenvalue weighted by Gasteiger charge is 2.26. The number of hydrogen-bond donors (Lipinski definition) is 0. The summed E-state index contributed by atoms with van der Waals surface area (Å²) < 4.78 is 5.27. The van der Waals surface area contributed by atoms with Crippen LogP contribution in [-0.2, 0) is 6.42 Å². The van der Waals surface area contributed by atoms with Gasteiger partial charge in [0.15, 0.2) is 0 Å². The number of amides is 1. The van der Waals surface area contributed by atoms with E-state index in [0.29, 0.717) is 11.6 Å². The lowest BCUT2D eigenvalue weighted by Crippen LogP contribution is -2.41. The number of aryl methyl sites for hydroxylation is 3. The maximum Gasteiger partial charge on any atom is 0.272 e. The third-order valence-corrected chi connectivity index (χ3v) is 5.53. The van der Waals surface area contributed by atoms with Gasteiger partial charge in [0.2, 0.25) is 0 Å².